The molecule has 9 heavy (non-hydrogen) atoms. The van der Waals surface area contributed by atoms with Gasteiger partial charge in [-0.2, -0.15) is 0 Å². The van der Waals surface area contributed by atoms with Gasteiger partial charge in [-0.05, 0) is 12.8 Å². The van der Waals surface area contributed by atoms with Gasteiger partial charge in [-0.15, -0.1) is 0 Å². The lowest BCUT2D eigenvalue weighted by atomic mass is 10.2. The molecule has 0 radical (unpaired) electrons. The van der Waals surface area contributed by atoms with Crippen LogP contribution in [0.3, 0.4) is 0 Å². The molecule has 0 aromatic carbocycles. The molecule has 0 nitrogen and oxygen atoms in total. The van der Waals surface area contributed by atoms with E-state index in [1.54, 1.807) is 0 Å². The van der Waals surface area contributed by atoms with Crippen LogP contribution in [0.5, 0.6) is 0 Å². The minimum Gasteiger partial charge on any atom is -0.207 e. The average Bonchev–Trinajstić information content (AvgIpc) is 2.35. The predicted molar refractivity (Wildman–Crippen MR) is 36.1 cm³/mol. The highest BCUT2D eigenvalue weighted by molar-refractivity contribution is 9.09. The molecule has 1 fully saturated rings. The maximum absolute atomic E-state index is 12.1. The van der Waals surface area contributed by atoms with Crippen molar-refractivity contribution in [2.45, 2.75) is 25.2 Å². The van der Waals surface area contributed by atoms with Crippen molar-refractivity contribution in [3.8, 4) is 0 Å². The molecule has 0 aromatic rings. The van der Waals surface area contributed by atoms with Crippen molar-refractivity contribution in [3.05, 3.63) is 0 Å². The van der Waals surface area contributed by atoms with Crippen LogP contribution in [0.25, 0.3) is 0 Å². The van der Waals surface area contributed by atoms with Gasteiger partial charge in [0.05, 0.1) is 0 Å². The van der Waals surface area contributed by atoms with Crippen molar-refractivity contribution < 1.29 is 8.78 Å². The van der Waals surface area contributed by atoms with Gasteiger partial charge in [0.25, 0.3) is 5.92 Å². The molecule has 0 spiro atoms. The quantitative estimate of drug-likeness (QED) is 0.613. The van der Waals surface area contributed by atoms with Crippen molar-refractivity contribution in [1.82, 2.24) is 0 Å². The second kappa shape index (κ2) is 2.52. The van der Waals surface area contributed by atoms with E-state index in [1.165, 1.54) is 0 Å². The first-order valence-electron chi connectivity index (χ1n) is 3.10. The zero-order valence-corrected chi connectivity index (χ0v) is 6.63. The Morgan fingerprint density at radius 1 is 1.56 bits per heavy atom. The molecular formula is C6H9BrF2. The summed E-state index contributed by atoms with van der Waals surface area (Å²) in [5.74, 6) is -2.60. The fourth-order valence-electron chi connectivity index (χ4n) is 0.906. The Hall–Kier alpha value is 0.340. The normalized spacial score (nSPS) is 30.3. The minimum atomic E-state index is -2.30. The summed E-state index contributed by atoms with van der Waals surface area (Å²) in [6.45, 7) is 0. The molecule has 1 unspecified atom stereocenters. The fourth-order valence-corrected chi connectivity index (χ4v) is 1.23. The molecule has 0 aliphatic heterocycles. The Morgan fingerprint density at radius 2 is 2.11 bits per heavy atom. The Kier molecular flexibility index (Phi) is 2.09. The number of hydrogen-bond acceptors (Lipinski definition) is 0. The third-order valence-corrected chi connectivity index (χ3v) is 2.20. The summed E-state index contributed by atoms with van der Waals surface area (Å²) in [6.07, 6.45) is 1.68. The molecule has 1 atom stereocenters. The van der Waals surface area contributed by atoms with E-state index in [9.17, 15) is 8.78 Å². The van der Waals surface area contributed by atoms with E-state index in [0.29, 0.717) is 6.42 Å². The summed E-state index contributed by atoms with van der Waals surface area (Å²) in [5, 5.41) is 0.847. The van der Waals surface area contributed by atoms with Crippen molar-refractivity contribution in [1.29, 1.82) is 0 Å². The molecule has 1 aliphatic carbocycles. The number of alkyl halides is 3. The molecule has 1 saturated carbocycles. The molecule has 0 heterocycles. The standard InChI is InChI=1S/C6H9BrF2/c7-3-1-2-5-4-6(5,8)9/h5H,1-4H2. The van der Waals surface area contributed by atoms with E-state index in [-0.39, 0.29) is 12.3 Å². The van der Waals surface area contributed by atoms with E-state index < -0.39 is 5.92 Å². The molecule has 0 N–H and O–H groups in total. The summed E-state index contributed by atoms with van der Waals surface area (Å²) in [6, 6.07) is 0. The van der Waals surface area contributed by atoms with Crippen molar-refractivity contribution in [2.24, 2.45) is 5.92 Å². The van der Waals surface area contributed by atoms with Gasteiger partial charge < -0.3 is 0 Å². The van der Waals surface area contributed by atoms with Gasteiger partial charge in [-0.3, -0.25) is 0 Å². The number of hydrogen-bond donors (Lipinski definition) is 0. The van der Waals surface area contributed by atoms with E-state index in [2.05, 4.69) is 15.9 Å². The van der Waals surface area contributed by atoms with Crippen molar-refractivity contribution in [3.63, 3.8) is 0 Å². The Labute approximate surface area is 61.8 Å². The lowest BCUT2D eigenvalue weighted by Gasteiger charge is -1.93. The van der Waals surface area contributed by atoms with E-state index in [0.717, 1.165) is 11.8 Å². The topological polar surface area (TPSA) is 0 Å². The van der Waals surface area contributed by atoms with E-state index in [1.807, 2.05) is 0 Å². The summed E-state index contributed by atoms with van der Waals surface area (Å²) in [7, 11) is 0. The van der Waals surface area contributed by atoms with Crippen LogP contribution in [0, 0.1) is 5.92 Å². The monoisotopic (exact) mass is 198 g/mol. The van der Waals surface area contributed by atoms with Crippen molar-refractivity contribution in [2.75, 3.05) is 5.33 Å². The van der Waals surface area contributed by atoms with Gasteiger partial charge in [-0.1, -0.05) is 15.9 Å². The van der Waals surface area contributed by atoms with Crippen molar-refractivity contribution >= 4 is 15.9 Å². The second-order valence-electron chi connectivity index (χ2n) is 2.49. The van der Waals surface area contributed by atoms with Crippen LogP contribution in [0.2, 0.25) is 0 Å². The summed E-state index contributed by atoms with van der Waals surface area (Å²) in [4.78, 5) is 0. The SMILES string of the molecule is FC1(F)CC1CCCBr. The Morgan fingerprint density at radius 3 is 2.44 bits per heavy atom. The largest absolute Gasteiger partial charge is 0.251 e. The highest BCUT2D eigenvalue weighted by Gasteiger charge is 2.55. The molecule has 0 bridgehead atoms. The zero-order chi connectivity index (χ0) is 6.91. The Balaban J connectivity index is 2.06. The fraction of sp³-hybridized carbons (Fsp3) is 1.00. The smallest absolute Gasteiger partial charge is 0.207 e. The maximum atomic E-state index is 12.1. The molecule has 1 aliphatic rings. The van der Waals surface area contributed by atoms with Crippen LogP contribution in [-0.4, -0.2) is 11.3 Å². The van der Waals surface area contributed by atoms with E-state index >= 15 is 0 Å². The van der Waals surface area contributed by atoms with Gasteiger partial charge in [0.15, 0.2) is 0 Å². The molecule has 0 amide bonds. The van der Waals surface area contributed by atoms with Crippen LogP contribution in [0.4, 0.5) is 8.78 Å². The first-order chi connectivity index (χ1) is 4.17. The van der Waals surface area contributed by atoms with Gasteiger partial charge in [-0.25, -0.2) is 8.78 Å². The van der Waals surface area contributed by atoms with Gasteiger partial charge >= 0.3 is 0 Å². The minimum absolute atomic E-state index is 0.125. The van der Waals surface area contributed by atoms with E-state index in [4.69, 9.17) is 0 Å². The summed E-state index contributed by atoms with van der Waals surface area (Å²) < 4.78 is 24.2. The molecule has 0 aromatic heterocycles. The predicted octanol–water partition coefficient (Wildman–Crippen LogP) is 2.82. The Bertz CT molecular complexity index is 103. The number of halogens is 3. The lowest BCUT2D eigenvalue weighted by molar-refractivity contribution is 0.0970. The molecular weight excluding hydrogens is 190 g/mol. The van der Waals surface area contributed by atoms with Crippen LogP contribution < -0.4 is 0 Å². The van der Waals surface area contributed by atoms with Gasteiger partial charge in [0, 0.05) is 17.7 Å². The van der Waals surface area contributed by atoms with Crippen LogP contribution in [0.1, 0.15) is 19.3 Å². The maximum Gasteiger partial charge on any atom is 0.251 e. The molecule has 1 rings (SSSR count). The van der Waals surface area contributed by atoms with Crippen LogP contribution >= 0.6 is 15.9 Å². The molecule has 0 saturated heterocycles. The van der Waals surface area contributed by atoms with Gasteiger partial charge in [0.2, 0.25) is 0 Å². The van der Waals surface area contributed by atoms with Crippen LogP contribution in [0.15, 0.2) is 0 Å². The summed E-state index contributed by atoms with van der Waals surface area (Å²) >= 11 is 3.20. The molecule has 3 heteroatoms. The molecule has 54 valence electrons. The third-order valence-electron chi connectivity index (χ3n) is 1.64. The second-order valence-corrected chi connectivity index (χ2v) is 3.29. The van der Waals surface area contributed by atoms with Crippen LogP contribution in [-0.2, 0) is 0 Å². The highest BCUT2D eigenvalue weighted by Crippen LogP contribution is 2.51. The number of rotatable bonds is 3. The first-order valence-corrected chi connectivity index (χ1v) is 4.23. The lowest BCUT2D eigenvalue weighted by Crippen LogP contribution is -1.93. The highest BCUT2D eigenvalue weighted by atomic mass is 79.9. The average molecular weight is 199 g/mol. The summed E-state index contributed by atoms with van der Waals surface area (Å²) in [5.41, 5.74) is 0. The van der Waals surface area contributed by atoms with Gasteiger partial charge in [0.1, 0.15) is 0 Å². The first kappa shape index (κ1) is 7.45. The third kappa shape index (κ3) is 1.88. The zero-order valence-electron chi connectivity index (χ0n) is 5.04.